The van der Waals surface area contributed by atoms with E-state index in [0.29, 0.717) is 6.61 Å². The molecule has 18 heavy (non-hydrogen) atoms. The fraction of sp³-hybridized carbons (Fsp3) is 0.400. The van der Waals surface area contributed by atoms with Gasteiger partial charge in [-0.2, -0.15) is 0 Å². The Hall–Kier alpha value is -0.700. The summed E-state index contributed by atoms with van der Waals surface area (Å²) in [6.45, 7) is 0.623. The van der Waals surface area contributed by atoms with E-state index in [1.165, 1.54) is 0 Å². The van der Waals surface area contributed by atoms with Crippen LogP contribution in [0.2, 0.25) is 0 Å². The van der Waals surface area contributed by atoms with Gasteiger partial charge < -0.3 is 5.73 Å². The van der Waals surface area contributed by atoms with Gasteiger partial charge in [-0.25, -0.2) is 12.8 Å². The van der Waals surface area contributed by atoms with Gasteiger partial charge in [0.25, 0.3) is 10.0 Å². The van der Waals surface area contributed by atoms with E-state index < -0.39 is 15.8 Å². The van der Waals surface area contributed by atoms with E-state index in [2.05, 4.69) is 15.9 Å². The minimum atomic E-state index is -3.84. The molecule has 0 atom stereocenters. The number of benzene rings is 1. The van der Waals surface area contributed by atoms with Gasteiger partial charge in [0.2, 0.25) is 0 Å². The molecular formula is C10H12BrFN2O3S. The molecule has 0 saturated carbocycles. The summed E-state index contributed by atoms with van der Waals surface area (Å²) in [5.41, 5.74) is 5.43. The highest BCUT2D eigenvalue weighted by molar-refractivity contribution is 9.10. The highest BCUT2D eigenvalue weighted by atomic mass is 79.9. The highest BCUT2D eigenvalue weighted by Gasteiger charge is 2.29. The molecule has 1 heterocycles. The Balaban J connectivity index is 2.43. The normalized spacial score (nSPS) is 17.9. The predicted octanol–water partition coefficient (Wildman–Crippen LogP) is 1.89. The summed E-state index contributed by atoms with van der Waals surface area (Å²) < 4.78 is 38.7. The molecule has 0 radical (unpaired) electrons. The van der Waals surface area contributed by atoms with Crippen molar-refractivity contribution in [2.75, 3.05) is 18.9 Å². The average Bonchev–Trinajstić information content (AvgIpc) is 2.34. The summed E-state index contributed by atoms with van der Waals surface area (Å²) in [6, 6.07) is 2.12. The Kier molecular flexibility index (Phi) is 3.90. The van der Waals surface area contributed by atoms with E-state index in [9.17, 15) is 12.8 Å². The van der Waals surface area contributed by atoms with Gasteiger partial charge in [-0.3, -0.25) is 4.84 Å². The fourth-order valence-corrected chi connectivity index (χ4v) is 3.56. The number of hydrogen-bond donors (Lipinski definition) is 1. The van der Waals surface area contributed by atoms with E-state index in [-0.39, 0.29) is 21.6 Å². The number of halogens is 2. The average molecular weight is 339 g/mol. The van der Waals surface area contributed by atoms with Crippen LogP contribution < -0.4 is 5.73 Å². The van der Waals surface area contributed by atoms with Crippen molar-refractivity contribution in [1.29, 1.82) is 0 Å². The molecule has 0 bridgehead atoms. The SMILES string of the molecule is Nc1cc(F)c(Br)cc1S(=O)(=O)N1CCCCO1. The summed E-state index contributed by atoms with van der Waals surface area (Å²) in [6.07, 6.45) is 1.54. The molecule has 2 rings (SSSR count). The number of nitrogens with zero attached hydrogens (tertiary/aromatic N) is 1. The van der Waals surface area contributed by atoms with E-state index in [1.807, 2.05) is 0 Å². The molecule has 5 nitrogen and oxygen atoms in total. The molecule has 1 saturated heterocycles. The minimum absolute atomic E-state index is 0.0484. The molecule has 0 aromatic heterocycles. The van der Waals surface area contributed by atoms with Crippen molar-refractivity contribution in [1.82, 2.24) is 4.47 Å². The first-order chi connectivity index (χ1) is 8.43. The molecule has 0 spiro atoms. The maximum Gasteiger partial charge on any atom is 0.267 e. The first-order valence-corrected chi connectivity index (χ1v) is 7.56. The topological polar surface area (TPSA) is 72.6 Å². The van der Waals surface area contributed by atoms with Crippen LogP contribution in [-0.2, 0) is 14.9 Å². The fourth-order valence-electron chi connectivity index (χ4n) is 1.64. The third-order valence-corrected chi connectivity index (χ3v) is 4.91. The van der Waals surface area contributed by atoms with Crippen LogP contribution in [0.5, 0.6) is 0 Å². The van der Waals surface area contributed by atoms with Gasteiger partial charge in [-0.05, 0) is 40.9 Å². The third-order valence-electron chi connectivity index (χ3n) is 2.57. The number of rotatable bonds is 2. The third kappa shape index (κ3) is 2.51. The zero-order valence-electron chi connectivity index (χ0n) is 9.40. The van der Waals surface area contributed by atoms with Crippen molar-refractivity contribution >= 4 is 31.6 Å². The smallest absolute Gasteiger partial charge is 0.267 e. The number of anilines is 1. The van der Waals surface area contributed by atoms with Crippen LogP contribution in [0.4, 0.5) is 10.1 Å². The Morgan fingerprint density at radius 3 is 2.72 bits per heavy atom. The van der Waals surface area contributed by atoms with Crippen molar-refractivity contribution in [3.05, 3.63) is 22.4 Å². The Morgan fingerprint density at radius 1 is 1.39 bits per heavy atom. The molecule has 1 aliphatic heterocycles. The Bertz CT molecular complexity index is 558. The van der Waals surface area contributed by atoms with Crippen LogP contribution >= 0.6 is 15.9 Å². The number of sulfonamides is 1. The molecule has 1 aliphatic rings. The molecule has 100 valence electrons. The van der Waals surface area contributed by atoms with Crippen molar-refractivity contribution < 1.29 is 17.6 Å². The molecule has 8 heteroatoms. The second-order valence-electron chi connectivity index (χ2n) is 3.88. The molecule has 2 N–H and O–H groups in total. The zero-order chi connectivity index (χ0) is 13.3. The standard InChI is InChI=1S/C10H12BrFN2O3S/c11-7-5-10(9(13)6-8(7)12)18(15,16)14-3-1-2-4-17-14/h5-6H,1-4,13H2. The monoisotopic (exact) mass is 338 g/mol. The summed E-state index contributed by atoms with van der Waals surface area (Å²) in [4.78, 5) is 4.95. The summed E-state index contributed by atoms with van der Waals surface area (Å²) >= 11 is 2.94. The largest absolute Gasteiger partial charge is 0.398 e. The summed E-state index contributed by atoms with van der Waals surface area (Å²) in [5.74, 6) is -0.606. The van der Waals surface area contributed by atoms with Crippen LogP contribution in [0.1, 0.15) is 12.8 Å². The summed E-state index contributed by atoms with van der Waals surface area (Å²) in [7, 11) is -3.84. The van der Waals surface area contributed by atoms with Gasteiger partial charge in [0.15, 0.2) is 0 Å². The van der Waals surface area contributed by atoms with Gasteiger partial charge in [0.1, 0.15) is 10.7 Å². The van der Waals surface area contributed by atoms with Crippen molar-refractivity contribution in [3.63, 3.8) is 0 Å². The van der Waals surface area contributed by atoms with E-state index in [1.54, 1.807) is 0 Å². The number of nitrogens with two attached hydrogens (primary N) is 1. The van der Waals surface area contributed by atoms with Crippen LogP contribution in [0.3, 0.4) is 0 Å². The Morgan fingerprint density at radius 2 is 2.11 bits per heavy atom. The lowest BCUT2D eigenvalue weighted by atomic mass is 10.3. The quantitative estimate of drug-likeness (QED) is 0.835. The lowest BCUT2D eigenvalue weighted by molar-refractivity contribution is -0.108. The number of hydrogen-bond acceptors (Lipinski definition) is 4. The second-order valence-corrected chi connectivity index (χ2v) is 6.53. The van der Waals surface area contributed by atoms with Crippen LogP contribution in [0.25, 0.3) is 0 Å². The van der Waals surface area contributed by atoms with Gasteiger partial charge >= 0.3 is 0 Å². The maximum absolute atomic E-state index is 13.2. The molecule has 1 fully saturated rings. The van der Waals surface area contributed by atoms with Gasteiger partial charge in [-0.1, -0.05) is 4.47 Å². The van der Waals surface area contributed by atoms with E-state index in [4.69, 9.17) is 10.6 Å². The molecule has 1 aromatic carbocycles. The van der Waals surface area contributed by atoms with Crippen LogP contribution in [-0.4, -0.2) is 26.0 Å². The minimum Gasteiger partial charge on any atom is -0.398 e. The number of nitrogen functional groups attached to an aromatic ring is 1. The van der Waals surface area contributed by atoms with Gasteiger partial charge in [0.05, 0.1) is 16.8 Å². The lowest BCUT2D eigenvalue weighted by Crippen LogP contribution is -2.36. The first-order valence-electron chi connectivity index (χ1n) is 5.33. The Labute approximate surface area is 113 Å². The van der Waals surface area contributed by atoms with Crippen molar-refractivity contribution in [2.24, 2.45) is 0 Å². The van der Waals surface area contributed by atoms with Gasteiger partial charge in [-0.15, -0.1) is 0 Å². The molecule has 0 amide bonds. The van der Waals surface area contributed by atoms with Crippen molar-refractivity contribution in [2.45, 2.75) is 17.7 Å². The van der Waals surface area contributed by atoms with Crippen LogP contribution in [0.15, 0.2) is 21.5 Å². The first kappa shape index (κ1) is 13.7. The zero-order valence-corrected chi connectivity index (χ0v) is 11.8. The lowest BCUT2D eigenvalue weighted by Gasteiger charge is -2.25. The van der Waals surface area contributed by atoms with Crippen molar-refractivity contribution in [3.8, 4) is 0 Å². The molecule has 1 aromatic rings. The second kappa shape index (κ2) is 5.12. The molecular weight excluding hydrogens is 327 g/mol. The maximum atomic E-state index is 13.2. The van der Waals surface area contributed by atoms with Gasteiger partial charge in [0, 0.05) is 6.54 Å². The number of hydroxylamine groups is 1. The predicted molar refractivity (Wildman–Crippen MR) is 67.6 cm³/mol. The van der Waals surface area contributed by atoms with E-state index in [0.717, 1.165) is 29.4 Å². The molecule has 0 aliphatic carbocycles. The molecule has 0 unspecified atom stereocenters. The van der Waals surface area contributed by atoms with Crippen LogP contribution in [0, 0.1) is 5.82 Å². The summed E-state index contributed by atoms with van der Waals surface area (Å²) in [5, 5.41) is 0. The highest BCUT2D eigenvalue weighted by Crippen LogP contribution is 2.29. The van der Waals surface area contributed by atoms with E-state index >= 15 is 0 Å².